The number of hydrogen-bond donors (Lipinski definition) is 2. The van der Waals surface area contributed by atoms with Crippen molar-refractivity contribution in [1.82, 2.24) is 5.32 Å². The van der Waals surface area contributed by atoms with Gasteiger partial charge in [-0.15, -0.1) is 0 Å². The van der Waals surface area contributed by atoms with Gasteiger partial charge < -0.3 is 10.2 Å². The zero-order valence-corrected chi connectivity index (χ0v) is 13.8. The van der Waals surface area contributed by atoms with Crippen molar-refractivity contribution in [3.05, 3.63) is 51.7 Å². The van der Waals surface area contributed by atoms with Crippen molar-refractivity contribution in [2.24, 2.45) is 5.73 Å². The quantitative estimate of drug-likeness (QED) is 0.624. The van der Waals surface area contributed by atoms with Crippen LogP contribution in [0, 0.1) is 0 Å². The van der Waals surface area contributed by atoms with E-state index in [1.807, 2.05) is 6.07 Å². The summed E-state index contributed by atoms with van der Waals surface area (Å²) >= 11 is 13.9. The Kier molecular flexibility index (Phi) is 5.17. The molecule has 1 amide bonds. The SMILES string of the molecule is NC(=S)NC(=O)/C=C/c1ccc(-c2ccc(Cl)cc2Br)o1. The van der Waals surface area contributed by atoms with E-state index in [2.05, 4.69) is 33.5 Å². The van der Waals surface area contributed by atoms with Gasteiger partial charge in [-0.05, 0) is 64.6 Å². The fourth-order valence-electron chi connectivity index (χ4n) is 1.60. The zero-order valence-electron chi connectivity index (χ0n) is 10.6. The minimum absolute atomic E-state index is 0.0742. The number of thiocarbonyl (C=S) groups is 1. The number of halogens is 2. The summed E-state index contributed by atoms with van der Waals surface area (Å²) in [7, 11) is 0. The molecule has 0 atom stereocenters. The number of amides is 1. The molecule has 2 rings (SSSR count). The van der Waals surface area contributed by atoms with Crippen molar-refractivity contribution in [3.8, 4) is 11.3 Å². The van der Waals surface area contributed by atoms with Crippen LogP contribution in [-0.2, 0) is 4.79 Å². The van der Waals surface area contributed by atoms with Gasteiger partial charge in [-0.2, -0.15) is 0 Å². The molecule has 0 radical (unpaired) electrons. The Labute approximate surface area is 140 Å². The molecule has 2 aromatic rings. The van der Waals surface area contributed by atoms with Crippen LogP contribution in [0.15, 0.2) is 45.3 Å². The predicted octanol–water partition coefficient (Wildman–Crippen LogP) is 3.74. The number of furan rings is 1. The predicted molar refractivity (Wildman–Crippen MR) is 90.8 cm³/mol. The molecular weight excluding hydrogens is 376 g/mol. The summed E-state index contributed by atoms with van der Waals surface area (Å²) in [5.41, 5.74) is 6.06. The van der Waals surface area contributed by atoms with Gasteiger partial charge in [0.15, 0.2) is 5.11 Å². The van der Waals surface area contributed by atoms with Gasteiger partial charge in [-0.1, -0.05) is 11.6 Å². The molecule has 0 bridgehead atoms. The largest absolute Gasteiger partial charge is 0.457 e. The Bertz CT molecular complexity index is 728. The van der Waals surface area contributed by atoms with Gasteiger partial charge in [-0.25, -0.2) is 0 Å². The molecule has 7 heteroatoms. The molecular formula is C14H10BrClN2O2S. The summed E-state index contributed by atoms with van der Waals surface area (Å²) in [6.07, 6.45) is 2.82. The Balaban J connectivity index is 2.16. The number of carbonyl (C=O) groups is 1. The van der Waals surface area contributed by atoms with E-state index in [1.54, 1.807) is 24.3 Å². The minimum Gasteiger partial charge on any atom is -0.457 e. The smallest absolute Gasteiger partial charge is 0.250 e. The normalized spacial score (nSPS) is 10.8. The van der Waals surface area contributed by atoms with Crippen molar-refractivity contribution < 1.29 is 9.21 Å². The van der Waals surface area contributed by atoms with Crippen molar-refractivity contribution in [2.45, 2.75) is 0 Å². The van der Waals surface area contributed by atoms with Crippen LogP contribution >= 0.6 is 39.7 Å². The molecule has 0 aliphatic rings. The van der Waals surface area contributed by atoms with Crippen molar-refractivity contribution in [2.75, 3.05) is 0 Å². The van der Waals surface area contributed by atoms with Gasteiger partial charge in [0.2, 0.25) is 5.91 Å². The molecule has 0 saturated heterocycles. The Morgan fingerprint density at radius 2 is 2.14 bits per heavy atom. The van der Waals surface area contributed by atoms with Gasteiger partial charge >= 0.3 is 0 Å². The second-order valence-corrected chi connectivity index (χ2v) is 5.74. The van der Waals surface area contributed by atoms with E-state index >= 15 is 0 Å². The molecule has 0 fully saturated rings. The third kappa shape index (κ3) is 4.42. The van der Waals surface area contributed by atoms with Gasteiger partial charge in [0, 0.05) is 21.1 Å². The van der Waals surface area contributed by atoms with Gasteiger partial charge in [0.1, 0.15) is 11.5 Å². The van der Waals surface area contributed by atoms with Gasteiger partial charge in [0.05, 0.1) is 0 Å². The molecule has 1 aromatic carbocycles. The molecule has 1 aromatic heterocycles. The van der Waals surface area contributed by atoms with Crippen LogP contribution in [0.1, 0.15) is 5.76 Å². The molecule has 21 heavy (non-hydrogen) atoms. The van der Waals surface area contributed by atoms with Crippen molar-refractivity contribution in [3.63, 3.8) is 0 Å². The van der Waals surface area contributed by atoms with Crippen LogP contribution in [0.3, 0.4) is 0 Å². The highest BCUT2D eigenvalue weighted by atomic mass is 79.9. The highest BCUT2D eigenvalue weighted by Gasteiger charge is 2.08. The second-order valence-electron chi connectivity index (χ2n) is 4.01. The first-order valence-corrected chi connectivity index (χ1v) is 7.37. The molecule has 1 heterocycles. The van der Waals surface area contributed by atoms with Crippen LogP contribution in [0.25, 0.3) is 17.4 Å². The molecule has 3 N–H and O–H groups in total. The summed E-state index contributed by atoms with van der Waals surface area (Å²) in [5.74, 6) is 0.783. The lowest BCUT2D eigenvalue weighted by molar-refractivity contribution is -0.115. The molecule has 0 aliphatic heterocycles. The number of carbonyl (C=O) groups excluding carboxylic acids is 1. The number of rotatable bonds is 3. The second kappa shape index (κ2) is 6.89. The lowest BCUT2D eigenvalue weighted by Gasteiger charge is -2.01. The van der Waals surface area contributed by atoms with Crippen LogP contribution in [-0.4, -0.2) is 11.0 Å². The number of nitrogens with two attached hydrogens (primary N) is 1. The van der Waals surface area contributed by atoms with Crippen LogP contribution in [0.5, 0.6) is 0 Å². The maximum Gasteiger partial charge on any atom is 0.250 e. The summed E-state index contributed by atoms with van der Waals surface area (Å²) in [6, 6.07) is 8.96. The van der Waals surface area contributed by atoms with E-state index in [0.717, 1.165) is 10.0 Å². The number of hydrogen-bond acceptors (Lipinski definition) is 3. The molecule has 4 nitrogen and oxygen atoms in total. The van der Waals surface area contributed by atoms with E-state index in [4.69, 9.17) is 21.8 Å². The van der Waals surface area contributed by atoms with Gasteiger partial charge in [0.25, 0.3) is 0 Å². The molecule has 0 unspecified atom stereocenters. The van der Waals surface area contributed by atoms with Crippen LogP contribution in [0.4, 0.5) is 0 Å². The highest BCUT2D eigenvalue weighted by molar-refractivity contribution is 9.10. The van der Waals surface area contributed by atoms with Crippen LogP contribution in [0.2, 0.25) is 5.02 Å². The maximum absolute atomic E-state index is 11.4. The topological polar surface area (TPSA) is 68.3 Å². The maximum atomic E-state index is 11.4. The zero-order chi connectivity index (χ0) is 15.4. The summed E-state index contributed by atoms with van der Waals surface area (Å²) in [6.45, 7) is 0. The molecule has 0 spiro atoms. The number of nitrogens with one attached hydrogen (secondary N) is 1. The van der Waals surface area contributed by atoms with Gasteiger partial charge in [-0.3, -0.25) is 10.1 Å². The van der Waals surface area contributed by atoms with E-state index in [-0.39, 0.29) is 5.11 Å². The standard InChI is InChI=1S/C14H10BrClN2O2S/c15-11-7-8(16)1-4-10(11)12-5-2-9(20-12)3-6-13(19)18-14(17)21/h1-7H,(H3,17,18,19,21)/b6-3+. The first-order chi connectivity index (χ1) is 9.95. The fourth-order valence-corrected chi connectivity index (χ4v) is 2.58. The van der Waals surface area contributed by atoms with E-state index in [1.165, 1.54) is 12.2 Å². The Morgan fingerprint density at radius 1 is 1.38 bits per heavy atom. The van der Waals surface area contributed by atoms with Crippen molar-refractivity contribution in [1.29, 1.82) is 0 Å². The third-order valence-corrected chi connectivity index (χ3v) is 3.46. The molecule has 0 saturated carbocycles. The van der Waals surface area contributed by atoms with E-state index in [9.17, 15) is 4.79 Å². The van der Waals surface area contributed by atoms with Crippen LogP contribution < -0.4 is 11.1 Å². The molecule has 108 valence electrons. The Hall–Kier alpha value is -1.63. The summed E-state index contributed by atoms with van der Waals surface area (Å²) in [4.78, 5) is 11.4. The highest BCUT2D eigenvalue weighted by Crippen LogP contribution is 2.31. The van der Waals surface area contributed by atoms with E-state index in [0.29, 0.717) is 16.5 Å². The summed E-state index contributed by atoms with van der Waals surface area (Å²) in [5, 5.41) is 2.84. The number of benzene rings is 1. The monoisotopic (exact) mass is 384 g/mol. The lowest BCUT2D eigenvalue weighted by atomic mass is 10.2. The van der Waals surface area contributed by atoms with E-state index < -0.39 is 5.91 Å². The first kappa shape index (κ1) is 15.8. The Morgan fingerprint density at radius 3 is 2.81 bits per heavy atom. The fraction of sp³-hybridized carbons (Fsp3) is 0. The first-order valence-electron chi connectivity index (χ1n) is 5.79. The third-order valence-electron chi connectivity index (χ3n) is 2.47. The summed E-state index contributed by atoms with van der Waals surface area (Å²) < 4.78 is 6.47. The average molecular weight is 386 g/mol. The van der Waals surface area contributed by atoms with Crippen molar-refractivity contribution >= 4 is 56.8 Å². The lowest BCUT2D eigenvalue weighted by Crippen LogP contribution is -2.33. The minimum atomic E-state index is -0.409. The molecule has 0 aliphatic carbocycles. The average Bonchev–Trinajstić information content (AvgIpc) is 2.84.